The van der Waals surface area contributed by atoms with E-state index in [1.165, 1.54) is 19.2 Å². The Balaban J connectivity index is 2.08. The average Bonchev–Trinajstić information content (AvgIpc) is 2.63. The van der Waals surface area contributed by atoms with Gasteiger partial charge in [-0.25, -0.2) is 9.18 Å². The topological polar surface area (TPSA) is 79.5 Å². The maximum absolute atomic E-state index is 13.8. The number of amides is 3. The van der Waals surface area contributed by atoms with Crippen LogP contribution in [-0.2, 0) is 0 Å². The van der Waals surface area contributed by atoms with Crippen molar-refractivity contribution in [3.8, 4) is 5.75 Å². The molecule has 2 aromatic carbocycles. The van der Waals surface area contributed by atoms with E-state index in [4.69, 9.17) is 4.74 Å². The van der Waals surface area contributed by atoms with Crippen molar-refractivity contribution in [2.24, 2.45) is 0 Å². The molecule has 1 atom stereocenters. The minimum Gasteiger partial charge on any atom is -0.494 e. The second-order valence-electron chi connectivity index (χ2n) is 6.05. The van der Waals surface area contributed by atoms with E-state index in [2.05, 4.69) is 16.0 Å². The first-order valence-corrected chi connectivity index (χ1v) is 8.66. The fourth-order valence-corrected chi connectivity index (χ4v) is 2.66. The Hall–Kier alpha value is -3.09. The fourth-order valence-electron chi connectivity index (χ4n) is 2.66. The average molecular weight is 373 g/mol. The molecule has 0 saturated heterocycles. The van der Waals surface area contributed by atoms with Crippen LogP contribution in [0.1, 0.15) is 41.4 Å². The molecule has 0 bridgehead atoms. The van der Waals surface area contributed by atoms with Crippen LogP contribution >= 0.6 is 0 Å². The molecular formula is C20H24FN3O3. The summed E-state index contributed by atoms with van der Waals surface area (Å²) in [6, 6.07) is 8.78. The maximum Gasteiger partial charge on any atom is 0.319 e. The molecule has 0 heterocycles. The molecule has 0 unspecified atom stereocenters. The Morgan fingerprint density at radius 2 is 1.96 bits per heavy atom. The van der Waals surface area contributed by atoms with Crippen LogP contribution < -0.4 is 20.7 Å². The zero-order valence-corrected chi connectivity index (χ0v) is 15.9. The smallest absolute Gasteiger partial charge is 0.319 e. The number of rotatable bonds is 6. The van der Waals surface area contributed by atoms with Crippen molar-refractivity contribution in [1.82, 2.24) is 10.6 Å². The van der Waals surface area contributed by atoms with Crippen LogP contribution in [0.4, 0.5) is 14.9 Å². The van der Waals surface area contributed by atoms with Gasteiger partial charge in [0.25, 0.3) is 5.91 Å². The molecular weight excluding hydrogens is 349 g/mol. The number of halogens is 1. The molecule has 0 spiro atoms. The number of hydrogen-bond donors (Lipinski definition) is 3. The first-order chi connectivity index (χ1) is 12.9. The van der Waals surface area contributed by atoms with Gasteiger partial charge in [0, 0.05) is 17.8 Å². The lowest BCUT2D eigenvalue weighted by atomic mass is 10.1. The first kappa shape index (κ1) is 20.2. The number of carbonyl (C=O) groups is 2. The molecule has 0 aliphatic carbocycles. The van der Waals surface area contributed by atoms with E-state index in [1.807, 2.05) is 6.92 Å². The van der Waals surface area contributed by atoms with E-state index >= 15 is 0 Å². The van der Waals surface area contributed by atoms with Crippen LogP contribution in [0.5, 0.6) is 5.75 Å². The highest BCUT2D eigenvalue weighted by Gasteiger charge is 2.15. The number of carbonyl (C=O) groups excluding carboxylic acids is 2. The molecule has 0 saturated carbocycles. The summed E-state index contributed by atoms with van der Waals surface area (Å²) in [5.41, 5.74) is 2.31. The summed E-state index contributed by atoms with van der Waals surface area (Å²) in [6.45, 7) is 5.87. The second-order valence-corrected chi connectivity index (χ2v) is 6.05. The van der Waals surface area contributed by atoms with Gasteiger partial charge in [0.1, 0.15) is 0 Å². The SMILES string of the molecule is CCNC(=O)c1cccc(NC(=O)N[C@H](C)c2ccc(OC)c(F)c2)c1C. The molecule has 0 aliphatic heterocycles. The molecule has 6 nitrogen and oxygen atoms in total. The van der Waals surface area contributed by atoms with Gasteiger partial charge >= 0.3 is 6.03 Å². The Morgan fingerprint density at radius 1 is 1.22 bits per heavy atom. The van der Waals surface area contributed by atoms with Crippen molar-refractivity contribution in [3.63, 3.8) is 0 Å². The van der Waals surface area contributed by atoms with Gasteiger partial charge in [-0.2, -0.15) is 0 Å². The second kappa shape index (κ2) is 9.02. The normalized spacial score (nSPS) is 11.4. The molecule has 0 radical (unpaired) electrons. The third-order valence-electron chi connectivity index (χ3n) is 4.19. The summed E-state index contributed by atoms with van der Waals surface area (Å²) in [5, 5.41) is 8.23. The van der Waals surface area contributed by atoms with Crippen LogP contribution in [0, 0.1) is 12.7 Å². The quantitative estimate of drug-likeness (QED) is 0.721. The number of anilines is 1. The zero-order valence-electron chi connectivity index (χ0n) is 15.9. The van der Waals surface area contributed by atoms with Crippen molar-refractivity contribution in [3.05, 3.63) is 58.9 Å². The number of urea groups is 1. The lowest BCUT2D eigenvalue weighted by Crippen LogP contribution is -2.31. The maximum atomic E-state index is 13.8. The fraction of sp³-hybridized carbons (Fsp3) is 0.300. The van der Waals surface area contributed by atoms with Gasteiger partial charge in [-0.1, -0.05) is 12.1 Å². The molecule has 0 aromatic heterocycles. The Morgan fingerprint density at radius 3 is 2.59 bits per heavy atom. The Bertz CT molecular complexity index is 839. The van der Waals surface area contributed by atoms with E-state index in [0.717, 1.165) is 0 Å². The van der Waals surface area contributed by atoms with Crippen LogP contribution in [0.15, 0.2) is 36.4 Å². The Kier molecular flexibility index (Phi) is 6.76. The highest BCUT2D eigenvalue weighted by molar-refractivity contribution is 5.99. The van der Waals surface area contributed by atoms with Crippen LogP contribution in [0.3, 0.4) is 0 Å². The molecule has 0 aliphatic rings. The van der Waals surface area contributed by atoms with E-state index in [1.54, 1.807) is 38.1 Å². The molecule has 2 aromatic rings. The predicted octanol–water partition coefficient (Wildman–Crippen LogP) is 3.78. The molecule has 27 heavy (non-hydrogen) atoms. The van der Waals surface area contributed by atoms with Crippen molar-refractivity contribution in [1.29, 1.82) is 0 Å². The van der Waals surface area contributed by atoms with Gasteiger partial charge in [0.05, 0.1) is 13.2 Å². The minimum atomic E-state index is -0.491. The number of benzene rings is 2. The Labute approximate surface area is 158 Å². The zero-order chi connectivity index (χ0) is 20.0. The third kappa shape index (κ3) is 4.97. The highest BCUT2D eigenvalue weighted by atomic mass is 19.1. The molecule has 7 heteroatoms. The predicted molar refractivity (Wildman–Crippen MR) is 103 cm³/mol. The third-order valence-corrected chi connectivity index (χ3v) is 4.19. The van der Waals surface area contributed by atoms with Crippen LogP contribution in [-0.4, -0.2) is 25.6 Å². The van der Waals surface area contributed by atoms with E-state index in [-0.39, 0.29) is 11.7 Å². The lowest BCUT2D eigenvalue weighted by Gasteiger charge is -2.17. The number of ether oxygens (including phenoxy) is 1. The van der Waals surface area contributed by atoms with Gasteiger partial charge in [-0.15, -0.1) is 0 Å². The van der Waals surface area contributed by atoms with Crippen molar-refractivity contribution >= 4 is 17.6 Å². The van der Waals surface area contributed by atoms with Crippen molar-refractivity contribution < 1.29 is 18.7 Å². The minimum absolute atomic E-state index is 0.146. The number of methoxy groups -OCH3 is 1. The molecule has 144 valence electrons. The molecule has 3 N–H and O–H groups in total. The standard InChI is InChI=1S/C20H24FN3O3/c1-5-22-19(25)15-7-6-8-17(12(15)2)24-20(26)23-13(3)14-9-10-18(27-4)16(21)11-14/h6-11,13H,5H2,1-4H3,(H,22,25)(H2,23,24,26)/t13-/m1/s1. The number of hydrogen-bond acceptors (Lipinski definition) is 3. The monoisotopic (exact) mass is 373 g/mol. The largest absolute Gasteiger partial charge is 0.494 e. The van der Waals surface area contributed by atoms with Crippen molar-refractivity contribution in [2.75, 3.05) is 19.0 Å². The summed E-state index contributed by atoms with van der Waals surface area (Å²) in [4.78, 5) is 24.4. The van der Waals surface area contributed by atoms with Gasteiger partial charge < -0.3 is 20.7 Å². The van der Waals surface area contributed by atoms with Crippen LogP contribution in [0.2, 0.25) is 0 Å². The lowest BCUT2D eigenvalue weighted by molar-refractivity contribution is 0.0955. The van der Waals surface area contributed by atoms with Gasteiger partial charge in [0.15, 0.2) is 11.6 Å². The summed E-state index contributed by atoms with van der Waals surface area (Å²) >= 11 is 0. The molecule has 0 fully saturated rings. The van der Waals surface area contributed by atoms with Gasteiger partial charge in [-0.3, -0.25) is 4.79 Å². The number of nitrogens with one attached hydrogen (secondary N) is 3. The summed E-state index contributed by atoms with van der Waals surface area (Å²) in [5.74, 6) is -0.538. The summed E-state index contributed by atoms with van der Waals surface area (Å²) in [6.07, 6.45) is 0. The van der Waals surface area contributed by atoms with E-state index in [9.17, 15) is 14.0 Å². The van der Waals surface area contributed by atoms with Gasteiger partial charge in [-0.05, 0) is 56.2 Å². The summed E-state index contributed by atoms with van der Waals surface area (Å²) < 4.78 is 18.7. The molecule has 2 rings (SSSR count). The van der Waals surface area contributed by atoms with E-state index in [0.29, 0.717) is 28.9 Å². The van der Waals surface area contributed by atoms with Crippen LogP contribution in [0.25, 0.3) is 0 Å². The molecule has 3 amide bonds. The highest BCUT2D eigenvalue weighted by Crippen LogP contribution is 2.22. The first-order valence-electron chi connectivity index (χ1n) is 8.66. The van der Waals surface area contributed by atoms with Crippen molar-refractivity contribution in [2.45, 2.75) is 26.8 Å². The summed E-state index contributed by atoms with van der Waals surface area (Å²) in [7, 11) is 1.39. The van der Waals surface area contributed by atoms with E-state index < -0.39 is 17.9 Å². The van der Waals surface area contributed by atoms with Gasteiger partial charge in [0.2, 0.25) is 0 Å².